The van der Waals surface area contributed by atoms with Crippen LogP contribution in [0.2, 0.25) is 0 Å². The van der Waals surface area contributed by atoms with Crippen molar-refractivity contribution in [3.8, 4) is 5.75 Å². The van der Waals surface area contributed by atoms with Gasteiger partial charge in [-0.2, -0.15) is 0 Å². The predicted molar refractivity (Wildman–Crippen MR) is 73.6 cm³/mol. The molecule has 1 saturated carbocycles. The maximum absolute atomic E-state index is 11.7. The summed E-state index contributed by atoms with van der Waals surface area (Å²) in [5.41, 5.74) is 2.79. The predicted octanol–water partition coefficient (Wildman–Crippen LogP) is 2.53. The zero-order chi connectivity index (χ0) is 14.2. The van der Waals surface area contributed by atoms with Crippen LogP contribution in [-0.2, 0) is 4.79 Å². The summed E-state index contributed by atoms with van der Waals surface area (Å²) in [6.45, 7) is 3.93. The minimum Gasteiger partial charge on any atom is -0.496 e. The number of ether oxygens (including phenoxy) is 1. The quantitative estimate of drug-likeness (QED) is 0.887. The molecule has 104 valence electrons. The number of methoxy groups -OCH3 is 1. The highest BCUT2D eigenvalue weighted by atomic mass is 16.5. The number of hydrogen-bond acceptors (Lipinski definition) is 3. The maximum Gasteiger partial charge on any atom is 0.325 e. The third-order valence-electron chi connectivity index (χ3n) is 3.71. The Morgan fingerprint density at radius 2 is 2.05 bits per heavy atom. The Kier molecular flexibility index (Phi) is 3.80. The number of hydrogen-bond donors (Lipinski definition) is 1. The lowest BCUT2D eigenvalue weighted by molar-refractivity contribution is -0.143. The van der Waals surface area contributed by atoms with Gasteiger partial charge in [0.05, 0.1) is 7.11 Å². The van der Waals surface area contributed by atoms with Gasteiger partial charge in [-0.25, -0.2) is 0 Å². The van der Waals surface area contributed by atoms with E-state index in [0.29, 0.717) is 11.8 Å². The van der Waals surface area contributed by atoms with Gasteiger partial charge >= 0.3 is 5.97 Å². The highest BCUT2D eigenvalue weighted by Crippen LogP contribution is 2.38. The van der Waals surface area contributed by atoms with E-state index in [1.165, 1.54) is 0 Å². The smallest absolute Gasteiger partial charge is 0.325 e. The van der Waals surface area contributed by atoms with Crippen molar-refractivity contribution in [3.63, 3.8) is 0 Å². The number of aryl methyl sites for hydroxylation is 2. The molecule has 0 aromatic heterocycles. The van der Waals surface area contributed by atoms with Crippen molar-refractivity contribution in [2.24, 2.45) is 0 Å². The summed E-state index contributed by atoms with van der Waals surface area (Å²) >= 11 is 0. The van der Waals surface area contributed by atoms with E-state index in [1.54, 1.807) is 7.11 Å². The monoisotopic (exact) mass is 263 g/mol. The molecule has 1 aliphatic carbocycles. The Balaban J connectivity index is 2.48. The lowest BCUT2D eigenvalue weighted by atomic mass is 9.98. The van der Waals surface area contributed by atoms with Crippen molar-refractivity contribution >= 4 is 5.97 Å². The fraction of sp³-hybridized carbons (Fsp3) is 0.533. The molecule has 4 heteroatoms. The second-order valence-corrected chi connectivity index (χ2v) is 5.34. The van der Waals surface area contributed by atoms with Crippen LogP contribution >= 0.6 is 0 Å². The lowest BCUT2D eigenvalue weighted by Gasteiger charge is -2.27. The van der Waals surface area contributed by atoms with Crippen molar-refractivity contribution in [1.82, 2.24) is 4.90 Å². The van der Waals surface area contributed by atoms with Crippen LogP contribution in [0.4, 0.5) is 0 Å². The minimum atomic E-state index is -0.822. The van der Waals surface area contributed by atoms with Crippen LogP contribution in [-0.4, -0.2) is 36.2 Å². The molecule has 1 unspecified atom stereocenters. The molecule has 1 aromatic carbocycles. The molecule has 0 aliphatic heterocycles. The van der Waals surface area contributed by atoms with E-state index >= 15 is 0 Å². The summed E-state index contributed by atoms with van der Waals surface area (Å²) in [4.78, 5) is 13.6. The first-order valence-electron chi connectivity index (χ1n) is 6.55. The Hall–Kier alpha value is -1.55. The van der Waals surface area contributed by atoms with Crippen LogP contribution in [0.1, 0.15) is 35.6 Å². The molecule has 0 amide bonds. The van der Waals surface area contributed by atoms with E-state index in [1.807, 2.05) is 37.9 Å². The van der Waals surface area contributed by atoms with Gasteiger partial charge in [0.2, 0.25) is 0 Å². The van der Waals surface area contributed by atoms with E-state index in [4.69, 9.17) is 4.74 Å². The fourth-order valence-corrected chi connectivity index (χ4v) is 2.69. The molecule has 0 heterocycles. The number of aliphatic carboxylic acids is 1. The normalized spacial score (nSPS) is 16.5. The number of carboxylic acids is 1. The van der Waals surface area contributed by atoms with Gasteiger partial charge in [0.25, 0.3) is 0 Å². The van der Waals surface area contributed by atoms with Crippen molar-refractivity contribution in [2.45, 2.75) is 38.8 Å². The summed E-state index contributed by atoms with van der Waals surface area (Å²) < 4.78 is 5.42. The molecule has 19 heavy (non-hydrogen) atoms. The summed E-state index contributed by atoms with van der Waals surface area (Å²) in [6, 6.07) is 3.68. The van der Waals surface area contributed by atoms with Crippen LogP contribution in [0.15, 0.2) is 12.1 Å². The summed E-state index contributed by atoms with van der Waals surface area (Å²) in [5.74, 6) is -0.136. The van der Waals surface area contributed by atoms with Crippen LogP contribution in [0.5, 0.6) is 5.75 Å². The van der Waals surface area contributed by atoms with Gasteiger partial charge in [-0.05, 0) is 39.3 Å². The SMILES string of the molecule is COc1c(C)cc(C)cc1C(C(=O)O)N(C)C1CC1. The van der Waals surface area contributed by atoms with E-state index in [2.05, 4.69) is 0 Å². The number of nitrogens with zero attached hydrogens (tertiary/aromatic N) is 1. The van der Waals surface area contributed by atoms with Crippen LogP contribution in [0.3, 0.4) is 0 Å². The minimum absolute atomic E-state index is 0.381. The van der Waals surface area contributed by atoms with Crippen molar-refractivity contribution in [3.05, 3.63) is 28.8 Å². The molecule has 1 N–H and O–H groups in total. The average Bonchev–Trinajstić information content (AvgIpc) is 3.11. The van der Waals surface area contributed by atoms with Crippen molar-refractivity contribution in [1.29, 1.82) is 0 Å². The zero-order valence-electron chi connectivity index (χ0n) is 11.9. The van der Waals surface area contributed by atoms with E-state index < -0.39 is 12.0 Å². The topological polar surface area (TPSA) is 49.8 Å². The molecule has 0 radical (unpaired) electrons. The van der Waals surface area contributed by atoms with Gasteiger partial charge in [-0.3, -0.25) is 9.69 Å². The van der Waals surface area contributed by atoms with Gasteiger partial charge in [0.15, 0.2) is 0 Å². The molecule has 1 aliphatic rings. The van der Waals surface area contributed by atoms with E-state index in [-0.39, 0.29) is 0 Å². The van der Waals surface area contributed by atoms with Crippen LogP contribution in [0, 0.1) is 13.8 Å². The maximum atomic E-state index is 11.7. The van der Waals surface area contributed by atoms with Crippen molar-refractivity contribution < 1.29 is 14.6 Å². The highest BCUT2D eigenvalue weighted by molar-refractivity contribution is 5.77. The van der Waals surface area contributed by atoms with Gasteiger partial charge < -0.3 is 9.84 Å². The van der Waals surface area contributed by atoms with Crippen LogP contribution in [0.25, 0.3) is 0 Å². The Labute approximate surface area is 114 Å². The third kappa shape index (κ3) is 2.73. The molecule has 0 saturated heterocycles. The van der Waals surface area contributed by atoms with E-state index in [9.17, 15) is 9.90 Å². The molecule has 2 rings (SSSR count). The van der Waals surface area contributed by atoms with Crippen LogP contribution < -0.4 is 4.74 Å². The van der Waals surface area contributed by atoms with Gasteiger partial charge in [-0.1, -0.05) is 17.7 Å². The molecule has 1 aromatic rings. The number of benzene rings is 1. The molecule has 1 fully saturated rings. The van der Waals surface area contributed by atoms with Gasteiger partial charge in [0, 0.05) is 11.6 Å². The third-order valence-corrected chi connectivity index (χ3v) is 3.71. The molecule has 4 nitrogen and oxygen atoms in total. The standard InChI is InChI=1S/C15H21NO3/c1-9-7-10(2)14(19-4)12(8-9)13(15(17)18)16(3)11-5-6-11/h7-8,11,13H,5-6H2,1-4H3,(H,17,18). The first kappa shape index (κ1) is 13.9. The highest BCUT2D eigenvalue weighted by Gasteiger charge is 2.37. The summed E-state index contributed by atoms with van der Waals surface area (Å²) in [5, 5.41) is 9.58. The molecule has 0 spiro atoms. The summed E-state index contributed by atoms with van der Waals surface area (Å²) in [7, 11) is 3.48. The van der Waals surface area contributed by atoms with Gasteiger partial charge in [-0.15, -0.1) is 0 Å². The number of likely N-dealkylation sites (N-methyl/N-ethyl adjacent to an activating group) is 1. The fourth-order valence-electron chi connectivity index (χ4n) is 2.69. The van der Waals surface area contributed by atoms with Crippen molar-refractivity contribution in [2.75, 3.05) is 14.2 Å². The first-order chi connectivity index (χ1) is 8.95. The second-order valence-electron chi connectivity index (χ2n) is 5.34. The number of carboxylic acid groups (broad SMARTS) is 1. The van der Waals surface area contributed by atoms with Gasteiger partial charge in [0.1, 0.15) is 11.8 Å². The summed E-state index contributed by atoms with van der Waals surface area (Å²) in [6.07, 6.45) is 2.15. The largest absolute Gasteiger partial charge is 0.496 e. The number of rotatable bonds is 5. The first-order valence-corrected chi connectivity index (χ1v) is 6.55. The Morgan fingerprint density at radius 3 is 2.53 bits per heavy atom. The molecular formula is C15H21NO3. The van der Waals surface area contributed by atoms with E-state index in [0.717, 1.165) is 29.5 Å². The molecule has 1 atom stereocenters. The Morgan fingerprint density at radius 1 is 1.42 bits per heavy atom. The second kappa shape index (κ2) is 5.21. The average molecular weight is 263 g/mol. The Bertz CT molecular complexity index is 494. The lowest BCUT2D eigenvalue weighted by Crippen LogP contribution is -2.33. The molecule has 0 bridgehead atoms. The molecular weight excluding hydrogens is 242 g/mol. The zero-order valence-corrected chi connectivity index (χ0v) is 11.9. The number of carbonyl (C=O) groups is 1.